The van der Waals surface area contributed by atoms with Gasteiger partial charge in [0, 0.05) is 17.5 Å². The van der Waals surface area contributed by atoms with Crippen LogP contribution in [0.1, 0.15) is 31.8 Å². The van der Waals surface area contributed by atoms with Gasteiger partial charge in [0.2, 0.25) is 6.29 Å². The Labute approximate surface area is 218 Å². The normalized spacial score (nSPS) is 23.0. The number of Topliss-reactive ketones (excluding diaryl/α,β-unsaturated/α-hetero) is 1. The van der Waals surface area contributed by atoms with Crippen molar-refractivity contribution in [2.45, 2.75) is 43.7 Å². The highest BCUT2D eigenvalue weighted by Gasteiger charge is 2.44. The summed E-state index contributed by atoms with van der Waals surface area (Å²) in [4.78, 5) is 25.6. The minimum Gasteiger partial charge on any atom is -0.508 e. The summed E-state index contributed by atoms with van der Waals surface area (Å²) in [6.45, 7) is -0.974. The van der Waals surface area contributed by atoms with Crippen LogP contribution < -0.4 is 4.74 Å². The van der Waals surface area contributed by atoms with E-state index in [9.17, 15) is 35.1 Å². The molecule has 38 heavy (non-hydrogen) atoms. The number of carbonyl (C=O) groups excluding carboxylic acids is 2. The smallest absolute Gasteiger partial charge is 0.338 e. The van der Waals surface area contributed by atoms with Gasteiger partial charge in [-0.05, 0) is 29.8 Å². The van der Waals surface area contributed by atoms with E-state index in [1.54, 1.807) is 54.6 Å². The van der Waals surface area contributed by atoms with Crippen LogP contribution in [0.2, 0.25) is 0 Å². The fourth-order valence-electron chi connectivity index (χ4n) is 4.08. The Morgan fingerprint density at radius 1 is 0.842 bits per heavy atom. The third-order valence-electron chi connectivity index (χ3n) is 6.18. The molecule has 3 aromatic rings. The molecule has 4 rings (SSSR count). The van der Waals surface area contributed by atoms with Gasteiger partial charge in [0.05, 0.1) is 12.2 Å². The molecule has 0 radical (unpaired) electrons. The van der Waals surface area contributed by atoms with Gasteiger partial charge in [-0.3, -0.25) is 4.79 Å². The highest BCUT2D eigenvalue weighted by atomic mass is 16.7. The van der Waals surface area contributed by atoms with Gasteiger partial charge in [-0.1, -0.05) is 48.5 Å². The molecule has 0 bridgehead atoms. The molecule has 1 heterocycles. The van der Waals surface area contributed by atoms with Crippen LogP contribution in [-0.4, -0.2) is 74.6 Å². The predicted octanol–water partition coefficient (Wildman–Crippen LogP) is 1.35. The first-order chi connectivity index (χ1) is 18.3. The average molecular weight is 525 g/mol. The van der Waals surface area contributed by atoms with Crippen molar-refractivity contribution in [2.75, 3.05) is 6.61 Å². The number of aliphatic hydroxyl groups is 4. The van der Waals surface area contributed by atoms with Gasteiger partial charge in [0.1, 0.15) is 42.5 Å². The summed E-state index contributed by atoms with van der Waals surface area (Å²) in [6.07, 6.45) is -7.48. The fraction of sp³-hybridized carbons (Fsp3) is 0.286. The van der Waals surface area contributed by atoms with Crippen LogP contribution in [0.3, 0.4) is 0 Å². The van der Waals surface area contributed by atoms with Crippen LogP contribution in [0.25, 0.3) is 0 Å². The van der Waals surface area contributed by atoms with E-state index in [0.717, 1.165) is 0 Å². The summed E-state index contributed by atoms with van der Waals surface area (Å²) in [5, 5.41) is 49.6. The summed E-state index contributed by atoms with van der Waals surface area (Å²) in [5.41, 5.74) is 1.42. The lowest BCUT2D eigenvalue weighted by molar-refractivity contribution is -0.277. The molecule has 1 saturated heterocycles. The van der Waals surface area contributed by atoms with Crippen LogP contribution in [0.5, 0.6) is 11.5 Å². The monoisotopic (exact) mass is 524 g/mol. The second-order valence-corrected chi connectivity index (χ2v) is 8.81. The lowest BCUT2D eigenvalue weighted by Crippen LogP contribution is -2.60. The van der Waals surface area contributed by atoms with Gasteiger partial charge < -0.3 is 39.7 Å². The van der Waals surface area contributed by atoms with E-state index < -0.39 is 43.3 Å². The Kier molecular flexibility index (Phi) is 8.72. The average Bonchev–Trinajstić information content (AvgIpc) is 2.93. The first-order valence-electron chi connectivity index (χ1n) is 11.9. The topological polar surface area (TPSA) is 163 Å². The molecule has 1 aliphatic rings. The quantitative estimate of drug-likeness (QED) is 0.204. The number of phenols is 1. The van der Waals surface area contributed by atoms with Gasteiger partial charge in [-0.2, -0.15) is 0 Å². The largest absolute Gasteiger partial charge is 0.508 e. The maximum Gasteiger partial charge on any atom is 0.338 e. The summed E-state index contributed by atoms with van der Waals surface area (Å²) >= 11 is 0. The Morgan fingerprint density at radius 3 is 2.29 bits per heavy atom. The molecule has 0 saturated carbocycles. The minimum atomic E-state index is -1.65. The number of esters is 1. The molecule has 0 amide bonds. The number of phenolic OH excluding ortho intramolecular Hbond substituents is 1. The van der Waals surface area contributed by atoms with Crippen molar-refractivity contribution >= 4 is 11.8 Å². The van der Waals surface area contributed by atoms with E-state index >= 15 is 0 Å². The zero-order chi connectivity index (χ0) is 27.2. The van der Waals surface area contributed by atoms with E-state index in [2.05, 4.69) is 0 Å². The molecule has 200 valence electrons. The molecule has 10 heteroatoms. The lowest BCUT2D eigenvalue weighted by atomic mass is 9.99. The summed E-state index contributed by atoms with van der Waals surface area (Å²) in [6, 6.07) is 19.2. The van der Waals surface area contributed by atoms with Crippen LogP contribution in [0.15, 0.2) is 72.8 Å². The predicted molar refractivity (Wildman–Crippen MR) is 133 cm³/mol. The molecule has 0 aromatic heterocycles. The zero-order valence-corrected chi connectivity index (χ0v) is 20.2. The number of hydrogen-bond acceptors (Lipinski definition) is 10. The van der Waals surface area contributed by atoms with Crippen molar-refractivity contribution in [3.8, 4) is 11.5 Å². The van der Waals surface area contributed by atoms with Gasteiger partial charge in [-0.25, -0.2) is 4.79 Å². The van der Waals surface area contributed by atoms with Crippen molar-refractivity contribution in [3.05, 3.63) is 95.1 Å². The molecule has 1 fully saturated rings. The SMILES string of the molecule is O=C(Cc1ccccc1C(=O)OCc1cc(O)ccc1O[C@@H]1O[C@H](CO)[C@@H](O)[C@H](O)[C@H]1O)c1ccccc1. The van der Waals surface area contributed by atoms with E-state index in [1.165, 1.54) is 18.2 Å². The number of aliphatic hydroxyl groups excluding tert-OH is 4. The second kappa shape index (κ2) is 12.2. The first-order valence-corrected chi connectivity index (χ1v) is 11.9. The summed E-state index contributed by atoms with van der Waals surface area (Å²) < 4.78 is 16.5. The Balaban J connectivity index is 1.48. The Hall–Kier alpha value is -3.80. The van der Waals surface area contributed by atoms with Crippen LogP contribution in [0, 0.1) is 0 Å². The highest BCUT2D eigenvalue weighted by molar-refractivity contribution is 6.00. The van der Waals surface area contributed by atoms with Gasteiger partial charge >= 0.3 is 5.97 Å². The second-order valence-electron chi connectivity index (χ2n) is 8.81. The number of carbonyl (C=O) groups is 2. The molecular weight excluding hydrogens is 496 g/mol. The molecule has 1 aliphatic heterocycles. The van der Waals surface area contributed by atoms with Crippen LogP contribution in [-0.2, 0) is 22.5 Å². The number of rotatable bonds is 9. The minimum absolute atomic E-state index is 0.00706. The lowest BCUT2D eigenvalue weighted by Gasteiger charge is -2.39. The van der Waals surface area contributed by atoms with E-state index in [0.29, 0.717) is 11.1 Å². The number of ketones is 1. The third-order valence-corrected chi connectivity index (χ3v) is 6.18. The maximum atomic E-state index is 13.0. The highest BCUT2D eigenvalue weighted by Crippen LogP contribution is 2.29. The number of aromatic hydroxyl groups is 1. The molecule has 0 aliphatic carbocycles. The molecule has 0 unspecified atom stereocenters. The molecule has 3 aromatic carbocycles. The molecule has 0 spiro atoms. The molecule has 5 N–H and O–H groups in total. The van der Waals surface area contributed by atoms with Crippen molar-refractivity contribution < 1.29 is 49.3 Å². The first kappa shape index (κ1) is 27.2. The van der Waals surface area contributed by atoms with E-state index in [1.807, 2.05) is 0 Å². The number of benzene rings is 3. The standard InChI is InChI=1S/C28H28O10/c29-14-23-24(32)25(33)26(34)28(38-23)37-22-11-10-19(30)12-18(22)15-36-27(35)20-9-5-4-8-17(20)13-21(31)16-6-2-1-3-7-16/h1-12,23-26,28-30,32-34H,13-15H2/t23-,24-,25+,26-,28-/m1/s1. The Bertz CT molecular complexity index is 1260. The van der Waals surface area contributed by atoms with E-state index in [-0.39, 0.29) is 41.4 Å². The summed E-state index contributed by atoms with van der Waals surface area (Å²) in [5.74, 6) is -0.948. The van der Waals surface area contributed by atoms with Gasteiger partial charge in [0.25, 0.3) is 0 Å². The molecular formula is C28H28O10. The molecule has 10 nitrogen and oxygen atoms in total. The van der Waals surface area contributed by atoms with E-state index in [4.69, 9.17) is 14.2 Å². The van der Waals surface area contributed by atoms with Crippen molar-refractivity contribution in [1.82, 2.24) is 0 Å². The van der Waals surface area contributed by atoms with Crippen molar-refractivity contribution in [1.29, 1.82) is 0 Å². The van der Waals surface area contributed by atoms with Gasteiger partial charge in [-0.15, -0.1) is 0 Å². The molecule has 5 atom stereocenters. The van der Waals surface area contributed by atoms with Gasteiger partial charge in [0.15, 0.2) is 5.78 Å². The van der Waals surface area contributed by atoms with Crippen molar-refractivity contribution in [3.63, 3.8) is 0 Å². The summed E-state index contributed by atoms with van der Waals surface area (Å²) in [7, 11) is 0. The van der Waals surface area contributed by atoms with Crippen LogP contribution >= 0.6 is 0 Å². The fourth-order valence-corrected chi connectivity index (χ4v) is 4.08. The Morgan fingerprint density at radius 2 is 1.55 bits per heavy atom. The zero-order valence-electron chi connectivity index (χ0n) is 20.2. The number of ether oxygens (including phenoxy) is 3. The maximum absolute atomic E-state index is 13.0. The van der Waals surface area contributed by atoms with Crippen molar-refractivity contribution in [2.24, 2.45) is 0 Å². The van der Waals surface area contributed by atoms with Crippen LogP contribution in [0.4, 0.5) is 0 Å². The third kappa shape index (κ3) is 6.18. The number of hydrogen-bond donors (Lipinski definition) is 5.